The molecular weight excluding hydrogens is 488 g/mol. The maximum atomic E-state index is 14.0. The maximum absolute atomic E-state index is 14.0. The van der Waals surface area contributed by atoms with Crippen LogP contribution >= 0.6 is 0 Å². The van der Waals surface area contributed by atoms with Crippen LogP contribution in [0.5, 0.6) is 0 Å². The highest BCUT2D eigenvalue weighted by molar-refractivity contribution is 5.85. The fourth-order valence-electron chi connectivity index (χ4n) is 3.34. The van der Waals surface area contributed by atoms with E-state index in [1.807, 2.05) is 0 Å². The SMILES string of the molecule is N#CC(C#N)=c1cc/c(=C(/C#N)c2c(C#N)cc(C#N)c(C(F)(F)F)c2C(F)(F)F)c(C#N)c1C#N. The minimum atomic E-state index is -5.84. The molecule has 0 N–H and O–H groups in total. The normalized spacial score (nSPS) is 11.3. The lowest BCUT2D eigenvalue weighted by atomic mass is 9.85. The van der Waals surface area contributed by atoms with Crippen LogP contribution < -0.4 is 10.4 Å². The van der Waals surface area contributed by atoms with Gasteiger partial charge in [-0.2, -0.15) is 63.2 Å². The van der Waals surface area contributed by atoms with Crippen molar-refractivity contribution in [3.8, 4) is 42.5 Å². The third-order valence-electron chi connectivity index (χ3n) is 4.69. The lowest BCUT2D eigenvalue weighted by Gasteiger charge is -2.21. The van der Waals surface area contributed by atoms with Gasteiger partial charge in [-0.1, -0.05) is 12.1 Å². The molecule has 2 rings (SSSR count). The average molecular weight is 491 g/mol. The molecule has 2 aromatic carbocycles. The van der Waals surface area contributed by atoms with E-state index in [1.54, 1.807) is 0 Å². The van der Waals surface area contributed by atoms with E-state index in [0.717, 1.165) is 18.2 Å². The molecule has 0 saturated heterocycles. The summed E-state index contributed by atoms with van der Waals surface area (Å²) in [6, 6.07) is 11.1. The summed E-state index contributed by atoms with van der Waals surface area (Å²) in [4.78, 5) is 0. The van der Waals surface area contributed by atoms with E-state index in [0.29, 0.717) is 0 Å². The fourth-order valence-corrected chi connectivity index (χ4v) is 3.34. The Hall–Kier alpha value is -5.81. The fraction of sp³-hybridized carbons (Fsp3) is 0.0870. The predicted molar refractivity (Wildman–Crippen MR) is 104 cm³/mol. The predicted octanol–water partition coefficient (Wildman–Crippen LogP) is 3.13. The Balaban J connectivity index is 3.49. The van der Waals surface area contributed by atoms with Crippen LogP contribution in [0.15, 0.2) is 18.2 Å². The summed E-state index contributed by atoms with van der Waals surface area (Å²) >= 11 is 0. The van der Waals surface area contributed by atoms with E-state index in [4.69, 9.17) is 15.8 Å². The molecule has 0 heterocycles. The lowest BCUT2D eigenvalue weighted by molar-refractivity contribution is -0.162. The van der Waals surface area contributed by atoms with Crippen molar-refractivity contribution in [1.29, 1.82) is 36.8 Å². The van der Waals surface area contributed by atoms with Gasteiger partial charge in [-0.15, -0.1) is 0 Å². The summed E-state index contributed by atoms with van der Waals surface area (Å²) in [6.07, 6.45) is -11.6. The Morgan fingerprint density at radius 3 is 1.44 bits per heavy atom. The van der Waals surface area contributed by atoms with Crippen molar-refractivity contribution in [2.75, 3.05) is 0 Å². The Kier molecular flexibility index (Phi) is 7.04. The van der Waals surface area contributed by atoms with Crippen molar-refractivity contribution >= 4 is 11.1 Å². The second-order valence-corrected chi connectivity index (χ2v) is 6.54. The Bertz CT molecular complexity index is 1720. The summed E-state index contributed by atoms with van der Waals surface area (Å²) < 4.78 is 83.2. The highest BCUT2D eigenvalue weighted by Crippen LogP contribution is 2.46. The van der Waals surface area contributed by atoms with Crippen LogP contribution in [-0.4, -0.2) is 0 Å². The van der Waals surface area contributed by atoms with Crippen molar-refractivity contribution in [2.24, 2.45) is 0 Å². The molecule has 0 aliphatic heterocycles. The van der Waals surface area contributed by atoms with Gasteiger partial charge in [0.05, 0.1) is 51.1 Å². The second kappa shape index (κ2) is 9.59. The number of alkyl halides is 6. The first-order valence-electron chi connectivity index (χ1n) is 8.94. The standard InChI is InChI=1S/C23H3F6N7/c24-22(25,26)20-12(5-31)3-11(4-30)19(21(20)23(27,28)29)18(10-36)15-2-1-14(13(6-32)7-33)16(8-34)17(15)9-35/h1-3H/b18-15+. The average Bonchev–Trinajstić information content (AvgIpc) is 2.83. The molecule has 13 heteroatoms. The Labute approximate surface area is 197 Å². The molecular formula is C23H3F6N7. The van der Waals surface area contributed by atoms with Crippen LogP contribution in [-0.2, 0) is 12.4 Å². The number of nitrogens with zero attached hydrogens (tertiary/aromatic N) is 7. The van der Waals surface area contributed by atoms with Gasteiger partial charge in [0.1, 0.15) is 35.9 Å². The van der Waals surface area contributed by atoms with Crippen molar-refractivity contribution < 1.29 is 26.3 Å². The summed E-state index contributed by atoms with van der Waals surface area (Å²) in [5.41, 5.74) is -12.6. The molecule has 0 amide bonds. The zero-order valence-corrected chi connectivity index (χ0v) is 17.1. The van der Waals surface area contributed by atoms with Crippen LogP contribution in [0.1, 0.15) is 38.9 Å². The van der Waals surface area contributed by atoms with E-state index in [9.17, 15) is 47.4 Å². The van der Waals surface area contributed by atoms with Gasteiger partial charge in [0, 0.05) is 16.0 Å². The van der Waals surface area contributed by atoms with Gasteiger partial charge in [-0.05, 0) is 6.07 Å². The summed E-state index contributed by atoms with van der Waals surface area (Å²) in [5.74, 6) is 0. The molecule has 7 nitrogen and oxygen atoms in total. The number of benzene rings is 2. The number of hydrogen-bond donors (Lipinski definition) is 0. The lowest BCUT2D eigenvalue weighted by Crippen LogP contribution is -2.25. The van der Waals surface area contributed by atoms with Crippen molar-refractivity contribution in [3.63, 3.8) is 0 Å². The van der Waals surface area contributed by atoms with E-state index in [1.165, 1.54) is 36.4 Å². The van der Waals surface area contributed by atoms with Gasteiger partial charge >= 0.3 is 12.4 Å². The van der Waals surface area contributed by atoms with Gasteiger partial charge in [-0.25, -0.2) is 0 Å². The minimum absolute atomic E-state index is 0.230. The van der Waals surface area contributed by atoms with E-state index in [2.05, 4.69) is 0 Å². The summed E-state index contributed by atoms with van der Waals surface area (Å²) in [5, 5.41) is 64.2. The number of rotatable bonds is 1. The van der Waals surface area contributed by atoms with Gasteiger partial charge in [-0.3, -0.25) is 0 Å². The monoisotopic (exact) mass is 491 g/mol. The topological polar surface area (TPSA) is 167 Å². The zero-order chi connectivity index (χ0) is 27.4. The molecule has 0 saturated carbocycles. The van der Waals surface area contributed by atoms with E-state index < -0.39 is 72.9 Å². The third-order valence-corrected chi connectivity index (χ3v) is 4.69. The number of halogens is 6. The molecule has 0 fully saturated rings. The van der Waals surface area contributed by atoms with Crippen LogP contribution in [0.3, 0.4) is 0 Å². The quantitative estimate of drug-likeness (QED) is 0.552. The van der Waals surface area contributed by atoms with Gasteiger partial charge < -0.3 is 0 Å². The molecule has 0 aliphatic rings. The van der Waals surface area contributed by atoms with Crippen molar-refractivity contribution in [1.82, 2.24) is 0 Å². The molecule has 0 bridgehead atoms. The van der Waals surface area contributed by atoms with E-state index >= 15 is 0 Å². The minimum Gasteiger partial charge on any atom is -0.192 e. The summed E-state index contributed by atoms with van der Waals surface area (Å²) in [6.45, 7) is 0. The molecule has 0 aromatic heterocycles. The summed E-state index contributed by atoms with van der Waals surface area (Å²) in [7, 11) is 0. The maximum Gasteiger partial charge on any atom is 0.418 e. The first-order valence-corrected chi connectivity index (χ1v) is 8.94. The third kappa shape index (κ3) is 4.35. The zero-order valence-electron chi connectivity index (χ0n) is 17.1. The molecule has 0 unspecified atom stereocenters. The van der Waals surface area contributed by atoms with Gasteiger partial charge in [0.25, 0.3) is 0 Å². The smallest absolute Gasteiger partial charge is 0.192 e. The van der Waals surface area contributed by atoms with Gasteiger partial charge in [0.15, 0.2) is 0 Å². The Morgan fingerprint density at radius 2 is 1.06 bits per heavy atom. The van der Waals surface area contributed by atoms with Crippen LogP contribution in [0.4, 0.5) is 26.3 Å². The van der Waals surface area contributed by atoms with Crippen molar-refractivity contribution in [2.45, 2.75) is 12.4 Å². The van der Waals surface area contributed by atoms with Crippen molar-refractivity contribution in [3.05, 3.63) is 67.6 Å². The molecule has 172 valence electrons. The molecule has 0 radical (unpaired) electrons. The van der Waals surface area contributed by atoms with Crippen LogP contribution in [0.2, 0.25) is 0 Å². The van der Waals surface area contributed by atoms with E-state index in [-0.39, 0.29) is 6.07 Å². The first kappa shape index (κ1) is 26.4. The highest BCUT2D eigenvalue weighted by atomic mass is 19.4. The van der Waals surface area contributed by atoms with Crippen LogP contribution in [0, 0.1) is 79.3 Å². The number of hydrogen-bond acceptors (Lipinski definition) is 7. The Morgan fingerprint density at radius 1 is 0.583 bits per heavy atom. The molecule has 0 aliphatic carbocycles. The first-order chi connectivity index (χ1) is 16.9. The highest BCUT2D eigenvalue weighted by Gasteiger charge is 2.48. The molecule has 36 heavy (non-hydrogen) atoms. The molecule has 0 atom stereocenters. The molecule has 0 spiro atoms. The largest absolute Gasteiger partial charge is 0.418 e. The number of nitriles is 7. The van der Waals surface area contributed by atoms with Crippen LogP contribution in [0.25, 0.3) is 11.1 Å². The second-order valence-electron chi connectivity index (χ2n) is 6.54. The molecule has 2 aromatic rings. The van der Waals surface area contributed by atoms with Gasteiger partial charge in [0.2, 0.25) is 0 Å².